The molecule has 268 valence electrons. The molecule has 20 heteroatoms. The number of aromatic nitrogens is 4. The number of benzene rings is 1. The first-order chi connectivity index (χ1) is 23.5. The van der Waals surface area contributed by atoms with Gasteiger partial charge in [0.25, 0.3) is 24.2 Å². The fraction of sp³-hybridized carbons (Fsp3) is 0.467. The lowest BCUT2D eigenvalue weighted by Gasteiger charge is -2.26. The summed E-state index contributed by atoms with van der Waals surface area (Å²) in [6.45, 7) is 2.03. The third-order valence-electron chi connectivity index (χ3n) is 9.31. The number of nitrogens with zero attached hydrogens (tertiary/aromatic N) is 6. The number of carbonyl (C=O) groups excluding carboxylic acids is 3. The fourth-order valence-corrected chi connectivity index (χ4v) is 6.82. The molecule has 4 fully saturated rings. The Bertz CT molecular complexity index is 1840. The average molecular weight is 728 g/mol. The minimum atomic E-state index is -4.94. The monoisotopic (exact) mass is 727 g/mol. The average Bonchev–Trinajstić information content (AvgIpc) is 3.49. The van der Waals surface area contributed by atoms with Gasteiger partial charge in [-0.2, -0.15) is 18.3 Å². The third-order valence-corrected chi connectivity index (χ3v) is 9.62. The third kappa shape index (κ3) is 6.70. The highest BCUT2D eigenvalue weighted by molar-refractivity contribution is 6.34. The van der Waals surface area contributed by atoms with Crippen molar-refractivity contribution >= 4 is 41.6 Å². The van der Waals surface area contributed by atoms with Gasteiger partial charge >= 0.3 is 12.2 Å². The fourth-order valence-electron chi connectivity index (χ4n) is 6.56. The number of urea groups is 1. The quantitative estimate of drug-likeness (QED) is 0.221. The molecule has 1 aromatic carbocycles. The first-order valence-corrected chi connectivity index (χ1v) is 15.8. The van der Waals surface area contributed by atoms with E-state index < -0.39 is 47.6 Å². The van der Waals surface area contributed by atoms with E-state index in [1.807, 2.05) is 0 Å². The van der Waals surface area contributed by atoms with Crippen molar-refractivity contribution in [3.8, 4) is 11.3 Å². The van der Waals surface area contributed by atoms with Gasteiger partial charge < -0.3 is 35.8 Å². The molecule has 4 amide bonds. The van der Waals surface area contributed by atoms with Crippen LogP contribution in [0.25, 0.3) is 11.3 Å². The number of hydrogen-bond donors (Lipinski definition) is 4. The Morgan fingerprint density at radius 2 is 1.78 bits per heavy atom. The normalized spacial score (nSPS) is 24.6. The lowest BCUT2D eigenvalue weighted by molar-refractivity contribution is -0.141. The molecule has 2 saturated carbocycles. The number of halogens is 6. The van der Waals surface area contributed by atoms with Gasteiger partial charge in [-0.3, -0.25) is 19.1 Å². The van der Waals surface area contributed by atoms with Gasteiger partial charge in [-0.05, 0) is 24.6 Å². The second-order valence-corrected chi connectivity index (χ2v) is 13.0. The van der Waals surface area contributed by atoms with Crippen LogP contribution in [0.5, 0.6) is 0 Å². The lowest BCUT2D eigenvalue weighted by Crippen LogP contribution is -2.44. The molecule has 50 heavy (non-hydrogen) atoms. The van der Waals surface area contributed by atoms with Gasteiger partial charge in [0.05, 0.1) is 28.0 Å². The van der Waals surface area contributed by atoms with E-state index in [-0.39, 0.29) is 64.2 Å². The van der Waals surface area contributed by atoms with Crippen LogP contribution in [0.1, 0.15) is 45.6 Å². The largest absolute Gasteiger partial charge is 0.483 e. The summed E-state index contributed by atoms with van der Waals surface area (Å²) in [4.78, 5) is 54.6. The molecular weight excluding hydrogens is 697 g/mol. The molecule has 7 rings (SSSR count). The van der Waals surface area contributed by atoms with Gasteiger partial charge in [0.15, 0.2) is 11.5 Å². The van der Waals surface area contributed by atoms with E-state index >= 15 is 0 Å². The van der Waals surface area contributed by atoms with Crippen molar-refractivity contribution < 1.29 is 46.2 Å². The van der Waals surface area contributed by atoms with E-state index in [9.17, 15) is 36.3 Å². The predicted molar refractivity (Wildman–Crippen MR) is 165 cm³/mol. The SMILES string of the molecule is Cn1c(-c2cn(C3CC3(F)F)nc2C(F)(F)F)cnc1C(=O)Nc1ccc(C(=O)NC2C3CN(C(=O)N4CC[C@@H](N)C4)CC32)c(Cl)c1.O=CO. The van der Waals surface area contributed by atoms with Crippen LogP contribution in [0.15, 0.2) is 30.6 Å². The minimum Gasteiger partial charge on any atom is -0.483 e. The van der Waals surface area contributed by atoms with E-state index in [4.69, 9.17) is 27.2 Å². The zero-order chi connectivity index (χ0) is 36.3. The van der Waals surface area contributed by atoms with Crippen molar-refractivity contribution in [1.29, 1.82) is 0 Å². The molecule has 3 aromatic rings. The van der Waals surface area contributed by atoms with Crippen LogP contribution in [0, 0.1) is 11.8 Å². The summed E-state index contributed by atoms with van der Waals surface area (Å²) in [6, 6.07) is 2.63. The summed E-state index contributed by atoms with van der Waals surface area (Å²) in [6.07, 6.45) is -2.87. The van der Waals surface area contributed by atoms with E-state index in [1.54, 1.807) is 9.80 Å². The van der Waals surface area contributed by atoms with Crippen LogP contribution >= 0.6 is 11.6 Å². The van der Waals surface area contributed by atoms with E-state index in [0.717, 1.165) is 23.4 Å². The number of nitrogens with one attached hydrogen (secondary N) is 2. The van der Waals surface area contributed by atoms with E-state index in [1.165, 1.54) is 25.2 Å². The molecule has 0 spiro atoms. The van der Waals surface area contributed by atoms with Crippen molar-refractivity contribution in [1.82, 2.24) is 34.4 Å². The molecular formula is C30H31ClF5N9O5. The number of hydrogen-bond acceptors (Lipinski definition) is 7. The maximum atomic E-state index is 13.7. The van der Waals surface area contributed by atoms with Crippen molar-refractivity contribution in [2.24, 2.45) is 24.6 Å². The molecule has 14 nitrogen and oxygen atoms in total. The molecule has 2 aliphatic heterocycles. The Balaban J connectivity index is 0.00000139. The van der Waals surface area contributed by atoms with Gasteiger partial charge in [-0.15, -0.1) is 0 Å². The number of piperidine rings is 1. The summed E-state index contributed by atoms with van der Waals surface area (Å²) in [5.74, 6) is -4.32. The molecule has 0 radical (unpaired) electrons. The Labute approximate surface area is 285 Å². The number of imidazole rings is 1. The number of nitrogens with two attached hydrogens (primary N) is 1. The van der Waals surface area contributed by atoms with E-state index in [2.05, 4.69) is 20.7 Å². The number of rotatable bonds is 6. The first kappa shape index (κ1) is 35.1. The van der Waals surface area contributed by atoms with Gasteiger partial charge in [0, 0.05) is 75.5 Å². The molecule has 5 N–H and O–H groups in total. The standard InChI is InChI=1S/C29H29ClF5N9O3.CH2O2/c1-41-20(18-12-44(21-7-28(21,31)32)40-23(18)29(33,34)35)8-37-24(41)26(46)38-14-2-3-15(19(30)6-14)25(45)39-22-16-10-43(11-17(16)22)27(47)42-5-4-13(36)9-42;2-1-3/h2-3,6,8,12-13,16-17,21-22H,4-5,7,9-11,36H2,1H3,(H,38,46)(H,39,45);1H,(H,2,3)/t13-,16?,17?,21?,22?;/m1./s1. The van der Waals surface area contributed by atoms with Crippen LogP contribution in [0.2, 0.25) is 5.02 Å². The Hall–Kier alpha value is -4.78. The van der Waals surface area contributed by atoms with Gasteiger partial charge in [-0.25, -0.2) is 18.6 Å². The summed E-state index contributed by atoms with van der Waals surface area (Å²) >= 11 is 6.39. The van der Waals surface area contributed by atoms with Crippen LogP contribution in [0.3, 0.4) is 0 Å². The van der Waals surface area contributed by atoms with Crippen molar-refractivity contribution in [3.05, 3.63) is 52.7 Å². The number of amides is 4. The summed E-state index contributed by atoms with van der Waals surface area (Å²) in [7, 11) is 1.31. The zero-order valence-electron chi connectivity index (χ0n) is 26.2. The summed E-state index contributed by atoms with van der Waals surface area (Å²) in [5, 5.41) is 15.8. The van der Waals surface area contributed by atoms with Gasteiger partial charge in [-0.1, -0.05) is 11.6 Å². The highest BCUT2D eigenvalue weighted by Gasteiger charge is 2.60. The van der Waals surface area contributed by atoms with E-state index in [0.29, 0.717) is 30.9 Å². The van der Waals surface area contributed by atoms with Crippen molar-refractivity contribution in [2.75, 3.05) is 31.5 Å². The summed E-state index contributed by atoms with van der Waals surface area (Å²) in [5.41, 5.74) is 4.26. The minimum absolute atomic E-state index is 0.000918. The number of carbonyl (C=O) groups is 4. The molecule has 0 bridgehead atoms. The zero-order valence-corrected chi connectivity index (χ0v) is 27.0. The van der Waals surface area contributed by atoms with Crippen LogP contribution < -0.4 is 16.4 Å². The Morgan fingerprint density at radius 1 is 1.12 bits per heavy atom. The predicted octanol–water partition coefficient (Wildman–Crippen LogP) is 3.30. The molecule has 2 saturated heterocycles. The number of carboxylic acid groups (broad SMARTS) is 1. The molecule has 4 aliphatic rings. The molecule has 4 heterocycles. The number of alkyl halides is 5. The highest BCUT2D eigenvalue weighted by Crippen LogP contribution is 2.53. The van der Waals surface area contributed by atoms with Crippen LogP contribution in [0.4, 0.5) is 32.4 Å². The smallest absolute Gasteiger partial charge is 0.435 e. The van der Waals surface area contributed by atoms with Gasteiger partial charge in [0.1, 0.15) is 6.04 Å². The number of likely N-dealkylation sites (tertiary alicyclic amines) is 2. The Kier molecular flexibility index (Phi) is 9.00. The van der Waals surface area contributed by atoms with Crippen LogP contribution in [-0.2, 0) is 18.0 Å². The maximum absolute atomic E-state index is 13.7. The Morgan fingerprint density at radius 3 is 2.34 bits per heavy atom. The molecule has 3 unspecified atom stereocenters. The topological polar surface area (TPSA) is 181 Å². The first-order valence-electron chi connectivity index (χ1n) is 15.4. The summed E-state index contributed by atoms with van der Waals surface area (Å²) < 4.78 is 70.0. The van der Waals surface area contributed by atoms with Crippen molar-refractivity contribution in [3.63, 3.8) is 0 Å². The second-order valence-electron chi connectivity index (χ2n) is 12.6. The second kappa shape index (κ2) is 12.8. The number of fused-ring (bicyclic) bond motifs is 1. The highest BCUT2D eigenvalue weighted by atomic mass is 35.5. The molecule has 4 atom stereocenters. The molecule has 2 aliphatic carbocycles. The van der Waals surface area contributed by atoms with Crippen LogP contribution in [-0.4, -0.2) is 103 Å². The lowest BCUT2D eigenvalue weighted by atomic mass is 10.2. The van der Waals surface area contributed by atoms with Crippen molar-refractivity contribution in [2.45, 2.75) is 43.1 Å². The molecule has 2 aromatic heterocycles. The maximum Gasteiger partial charge on any atom is 0.435 e. The number of anilines is 1. The van der Waals surface area contributed by atoms with Gasteiger partial charge in [0.2, 0.25) is 0 Å².